The summed E-state index contributed by atoms with van der Waals surface area (Å²) >= 11 is 0. The van der Waals surface area contributed by atoms with Crippen LogP contribution in [0.5, 0.6) is 11.5 Å². The molecule has 0 atom stereocenters. The molecule has 3 heteroatoms. The molecule has 0 N–H and O–H groups in total. The maximum Gasteiger partial charge on any atom is 0.131 e. The molecule has 0 saturated carbocycles. The number of hydrogen-bond donors (Lipinski definition) is 0. The van der Waals surface area contributed by atoms with Crippen LogP contribution in [0.2, 0.25) is 0 Å². The molecular formula is C17H16FNO. The Bertz CT molecular complexity index is 648. The second-order valence-corrected chi connectivity index (χ2v) is 5.66. The zero-order valence-corrected chi connectivity index (χ0v) is 11.8. The van der Waals surface area contributed by atoms with Gasteiger partial charge in [0.25, 0.3) is 0 Å². The topological polar surface area (TPSA) is 33.0 Å². The van der Waals surface area contributed by atoms with Gasteiger partial charge >= 0.3 is 0 Å². The van der Waals surface area contributed by atoms with Crippen molar-refractivity contribution >= 4 is 0 Å². The Hall–Kier alpha value is -2.34. The number of ether oxygens (including phenoxy) is 1. The van der Waals surface area contributed by atoms with E-state index in [1.807, 2.05) is 30.3 Å². The van der Waals surface area contributed by atoms with Gasteiger partial charge < -0.3 is 4.74 Å². The molecule has 0 spiro atoms. The molecule has 0 amide bonds. The first-order valence-electron chi connectivity index (χ1n) is 6.37. The van der Waals surface area contributed by atoms with Crippen LogP contribution in [0.1, 0.15) is 31.9 Å². The minimum atomic E-state index is -0.481. The summed E-state index contributed by atoms with van der Waals surface area (Å²) in [5, 5.41) is 8.81. The first-order chi connectivity index (χ1) is 9.38. The third-order valence-electron chi connectivity index (χ3n) is 2.96. The van der Waals surface area contributed by atoms with Crippen molar-refractivity contribution in [2.75, 3.05) is 0 Å². The van der Waals surface area contributed by atoms with Crippen LogP contribution in [-0.2, 0) is 5.41 Å². The number of benzene rings is 2. The second kappa shape index (κ2) is 5.34. The van der Waals surface area contributed by atoms with Gasteiger partial charge in [-0.05, 0) is 35.2 Å². The average molecular weight is 269 g/mol. The first kappa shape index (κ1) is 14.1. The number of halogens is 1. The van der Waals surface area contributed by atoms with Crippen molar-refractivity contribution in [3.8, 4) is 17.6 Å². The monoisotopic (exact) mass is 269 g/mol. The van der Waals surface area contributed by atoms with Gasteiger partial charge in [0.15, 0.2) is 0 Å². The lowest BCUT2D eigenvalue weighted by Gasteiger charge is -2.19. The Labute approximate surface area is 118 Å². The number of nitriles is 1. The van der Waals surface area contributed by atoms with Gasteiger partial charge in [0.05, 0.1) is 11.6 Å². The second-order valence-electron chi connectivity index (χ2n) is 5.66. The van der Waals surface area contributed by atoms with Crippen molar-refractivity contribution in [1.29, 1.82) is 5.26 Å². The summed E-state index contributed by atoms with van der Waals surface area (Å²) in [6.45, 7) is 6.40. The van der Waals surface area contributed by atoms with Crippen LogP contribution in [0.15, 0.2) is 42.5 Å². The lowest BCUT2D eigenvalue weighted by molar-refractivity contribution is 0.475. The fraction of sp³-hybridized carbons (Fsp3) is 0.235. The highest BCUT2D eigenvalue weighted by Gasteiger charge is 2.13. The van der Waals surface area contributed by atoms with Gasteiger partial charge in [-0.3, -0.25) is 0 Å². The molecule has 0 fully saturated rings. The van der Waals surface area contributed by atoms with Crippen LogP contribution < -0.4 is 4.74 Å². The molecule has 0 aromatic heterocycles. The average Bonchev–Trinajstić information content (AvgIpc) is 2.37. The van der Waals surface area contributed by atoms with Crippen LogP contribution in [0.4, 0.5) is 4.39 Å². The molecule has 2 nitrogen and oxygen atoms in total. The van der Waals surface area contributed by atoms with Gasteiger partial charge in [-0.25, -0.2) is 4.39 Å². The molecule has 102 valence electrons. The number of rotatable bonds is 2. The van der Waals surface area contributed by atoms with E-state index in [0.717, 1.165) is 0 Å². The van der Waals surface area contributed by atoms with E-state index in [0.29, 0.717) is 11.5 Å². The van der Waals surface area contributed by atoms with Crippen LogP contribution in [0, 0.1) is 17.1 Å². The highest BCUT2D eigenvalue weighted by Crippen LogP contribution is 2.27. The van der Waals surface area contributed by atoms with Gasteiger partial charge in [-0.1, -0.05) is 32.9 Å². The third kappa shape index (κ3) is 3.36. The minimum absolute atomic E-state index is 0.0748. The van der Waals surface area contributed by atoms with Crippen LogP contribution in [0.25, 0.3) is 0 Å². The van der Waals surface area contributed by atoms with Gasteiger partial charge in [0, 0.05) is 6.07 Å². The lowest BCUT2D eigenvalue weighted by atomic mass is 9.87. The molecule has 2 rings (SSSR count). The van der Waals surface area contributed by atoms with Crippen molar-refractivity contribution in [3.05, 3.63) is 59.4 Å². The third-order valence-corrected chi connectivity index (χ3v) is 2.96. The Kier molecular flexibility index (Phi) is 3.76. The van der Waals surface area contributed by atoms with Crippen molar-refractivity contribution in [2.45, 2.75) is 26.2 Å². The summed E-state index contributed by atoms with van der Waals surface area (Å²) in [5.74, 6) is 0.461. The van der Waals surface area contributed by atoms with E-state index in [-0.39, 0.29) is 11.0 Å². The van der Waals surface area contributed by atoms with E-state index in [1.54, 1.807) is 0 Å². The summed E-state index contributed by atoms with van der Waals surface area (Å²) in [7, 11) is 0. The van der Waals surface area contributed by atoms with E-state index >= 15 is 0 Å². The van der Waals surface area contributed by atoms with Crippen LogP contribution in [-0.4, -0.2) is 0 Å². The molecule has 2 aromatic rings. The minimum Gasteiger partial charge on any atom is -0.457 e. The predicted octanol–water partition coefficient (Wildman–Crippen LogP) is 4.79. The zero-order chi connectivity index (χ0) is 14.8. The normalized spacial score (nSPS) is 10.9. The molecule has 0 saturated heterocycles. The summed E-state index contributed by atoms with van der Waals surface area (Å²) < 4.78 is 18.9. The SMILES string of the molecule is CC(C)(C)c1ccc(Oc2cc(F)cc(C#N)c2)cc1. The van der Waals surface area contributed by atoms with Crippen molar-refractivity contribution in [3.63, 3.8) is 0 Å². The van der Waals surface area contributed by atoms with Crippen molar-refractivity contribution < 1.29 is 9.13 Å². The maximum atomic E-state index is 13.3. The van der Waals surface area contributed by atoms with Crippen LogP contribution >= 0.6 is 0 Å². The molecule has 0 unspecified atom stereocenters. The fourth-order valence-electron chi connectivity index (χ4n) is 1.85. The first-order valence-corrected chi connectivity index (χ1v) is 6.37. The van der Waals surface area contributed by atoms with Gasteiger partial charge in [0.2, 0.25) is 0 Å². The summed E-state index contributed by atoms with van der Waals surface area (Å²) in [4.78, 5) is 0. The molecule has 20 heavy (non-hydrogen) atoms. The molecule has 2 aromatic carbocycles. The summed E-state index contributed by atoms with van der Waals surface area (Å²) in [5.41, 5.74) is 1.51. The standard InChI is InChI=1S/C17H16FNO/c1-17(2,3)13-4-6-15(7-5-13)20-16-9-12(11-19)8-14(18)10-16/h4-10H,1-3H3. The molecule has 0 aliphatic rings. The van der Waals surface area contributed by atoms with Gasteiger partial charge in [-0.15, -0.1) is 0 Å². The molecular weight excluding hydrogens is 253 g/mol. The van der Waals surface area contributed by atoms with E-state index in [2.05, 4.69) is 20.8 Å². The van der Waals surface area contributed by atoms with Crippen molar-refractivity contribution in [1.82, 2.24) is 0 Å². The van der Waals surface area contributed by atoms with Gasteiger partial charge in [0.1, 0.15) is 17.3 Å². The fourth-order valence-corrected chi connectivity index (χ4v) is 1.85. The zero-order valence-electron chi connectivity index (χ0n) is 11.8. The quantitative estimate of drug-likeness (QED) is 0.785. The van der Waals surface area contributed by atoms with Crippen molar-refractivity contribution in [2.24, 2.45) is 0 Å². The maximum absolute atomic E-state index is 13.3. The summed E-state index contributed by atoms with van der Waals surface area (Å²) in [6, 6.07) is 13.5. The molecule has 0 heterocycles. The van der Waals surface area contributed by atoms with E-state index < -0.39 is 5.82 Å². The summed E-state index contributed by atoms with van der Waals surface area (Å²) in [6.07, 6.45) is 0. The number of hydrogen-bond acceptors (Lipinski definition) is 2. The largest absolute Gasteiger partial charge is 0.457 e. The Balaban J connectivity index is 2.23. The highest BCUT2D eigenvalue weighted by atomic mass is 19.1. The Morgan fingerprint density at radius 1 is 1.00 bits per heavy atom. The molecule has 0 radical (unpaired) electrons. The highest BCUT2D eigenvalue weighted by molar-refractivity contribution is 5.40. The smallest absolute Gasteiger partial charge is 0.131 e. The Morgan fingerprint density at radius 2 is 1.65 bits per heavy atom. The molecule has 0 bridgehead atoms. The van der Waals surface area contributed by atoms with E-state index in [4.69, 9.17) is 10.00 Å². The van der Waals surface area contributed by atoms with Gasteiger partial charge in [-0.2, -0.15) is 5.26 Å². The van der Waals surface area contributed by atoms with E-state index in [1.165, 1.54) is 23.8 Å². The molecule has 0 aliphatic carbocycles. The Morgan fingerprint density at radius 3 is 2.20 bits per heavy atom. The molecule has 0 aliphatic heterocycles. The predicted molar refractivity (Wildman–Crippen MR) is 76.3 cm³/mol. The van der Waals surface area contributed by atoms with Crippen LogP contribution in [0.3, 0.4) is 0 Å². The van der Waals surface area contributed by atoms with E-state index in [9.17, 15) is 4.39 Å². The number of nitrogens with zero attached hydrogens (tertiary/aromatic N) is 1. The lowest BCUT2D eigenvalue weighted by Crippen LogP contribution is -2.10.